The number of hydrogen-bond acceptors (Lipinski definition) is 5. The highest BCUT2D eigenvalue weighted by molar-refractivity contribution is 5.70. The van der Waals surface area contributed by atoms with E-state index in [1.807, 2.05) is 24.3 Å². The number of hydrogen-bond donors (Lipinski definition) is 1. The van der Waals surface area contributed by atoms with E-state index in [0.29, 0.717) is 11.8 Å². The molecule has 0 aromatic heterocycles. The minimum atomic E-state index is -0.387. The van der Waals surface area contributed by atoms with Crippen LogP contribution in [0.3, 0.4) is 0 Å². The monoisotopic (exact) mass is 293 g/mol. The van der Waals surface area contributed by atoms with E-state index in [9.17, 15) is 4.79 Å². The lowest BCUT2D eigenvalue weighted by atomic mass is 9.99. The predicted molar refractivity (Wildman–Crippen MR) is 80.6 cm³/mol. The molecule has 0 bridgehead atoms. The Morgan fingerprint density at radius 1 is 1.24 bits per heavy atom. The Morgan fingerprint density at radius 2 is 1.86 bits per heavy atom. The average Bonchev–Trinajstić information content (AvgIpc) is 2.45. The number of carbonyl (C=O) groups excluding carboxylic acids is 1. The van der Waals surface area contributed by atoms with Crippen molar-refractivity contribution in [2.45, 2.75) is 44.9 Å². The molecule has 1 fully saturated rings. The smallest absolute Gasteiger partial charge is 0.343 e. The molecular weight excluding hydrogens is 270 g/mol. The summed E-state index contributed by atoms with van der Waals surface area (Å²) in [6.07, 6.45) is 2.58. The van der Waals surface area contributed by atoms with E-state index >= 15 is 0 Å². The van der Waals surface area contributed by atoms with Crippen LogP contribution >= 0.6 is 0 Å². The van der Waals surface area contributed by atoms with Crippen molar-refractivity contribution in [3.63, 3.8) is 0 Å². The van der Waals surface area contributed by atoms with Crippen molar-refractivity contribution in [1.82, 2.24) is 0 Å². The second kappa shape index (κ2) is 7.31. The van der Waals surface area contributed by atoms with Gasteiger partial charge in [0.05, 0.1) is 19.3 Å². The standard InChI is InChI=1S/C16H23NO4/c1-11-8-14(9-12(2)21-11)17-13-4-6-15(7-5-13)20-10-16(18)19-3/h4-7,11-12,14,17H,8-10H2,1-3H3. The molecular formula is C16H23NO4. The number of ether oxygens (including phenoxy) is 3. The van der Waals surface area contributed by atoms with Crippen LogP contribution < -0.4 is 10.1 Å². The van der Waals surface area contributed by atoms with Gasteiger partial charge in [-0.1, -0.05) is 0 Å². The molecule has 2 unspecified atom stereocenters. The maximum absolute atomic E-state index is 11.0. The van der Waals surface area contributed by atoms with Gasteiger partial charge in [0.1, 0.15) is 5.75 Å². The van der Waals surface area contributed by atoms with Crippen molar-refractivity contribution >= 4 is 11.7 Å². The third-order valence-corrected chi connectivity index (χ3v) is 3.51. The molecule has 1 aliphatic rings. The zero-order valence-corrected chi connectivity index (χ0v) is 12.8. The predicted octanol–water partition coefficient (Wildman–Crippen LogP) is 2.61. The van der Waals surface area contributed by atoms with Gasteiger partial charge in [-0.3, -0.25) is 0 Å². The van der Waals surface area contributed by atoms with Crippen molar-refractivity contribution in [3.05, 3.63) is 24.3 Å². The quantitative estimate of drug-likeness (QED) is 0.846. The Bertz CT molecular complexity index is 450. The van der Waals surface area contributed by atoms with Crippen molar-refractivity contribution in [2.24, 2.45) is 0 Å². The first kappa shape index (κ1) is 15.6. The van der Waals surface area contributed by atoms with E-state index in [1.54, 1.807) is 0 Å². The Labute approximate surface area is 125 Å². The number of carbonyl (C=O) groups is 1. The molecule has 1 heterocycles. The Kier molecular flexibility index (Phi) is 5.44. The van der Waals surface area contributed by atoms with Crippen molar-refractivity contribution in [2.75, 3.05) is 19.0 Å². The van der Waals surface area contributed by atoms with Crippen LogP contribution in [-0.2, 0) is 14.3 Å². The van der Waals surface area contributed by atoms with E-state index in [2.05, 4.69) is 23.9 Å². The average molecular weight is 293 g/mol. The summed E-state index contributed by atoms with van der Waals surface area (Å²) < 4.78 is 15.6. The highest BCUT2D eigenvalue weighted by Crippen LogP contribution is 2.23. The fourth-order valence-corrected chi connectivity index (χ4v) is 2.61. The number of anilines is 1. The summed E-state index contributed by atoms with van der Waals surface area (Å²) in [5, 5.41) is 3.52. The van der Waals surface area contributed by atoms with E-state index in [-0.39, 0.29) is 24.8 Å². The minimum absolute atomic E-state index is 0.0712. The first-order chi connectivity index (χ1) is 10.1. The van der Waals surface area contributed by atoms with Crippen LogP contribution in [0.1, 0.15) is 26.7 Å². The number of rotatable bonds is 5. The third kappa shape index (κ3) is 4.93. The second-order valence-corrected chi connectivity index (χ2v) is 5.46. The lowest BCUT2D eigenvalue weighted by molar-refractivity contribution is -0.142. The second-order valence-electron chi connectivity index (χ2n) is 5.46. The Morgan fingerprint density at radius 3 is 2.43 bits per heavy atom. The first-order valence-electron chi connectivity index (χ1n) is 7.28. The van der Waals surface area contributed by atoms with Gasteiger partial charge in [0.25, 0.3) is 0 Å². The van der Waals surface area contributed by atoms with E-state index in [0.717, 1.165) is 18.5 Å². The fraction of sp³-hybridized carbons (Fsp3) is 0.562. The van der Waals surface area contributed by atoms with Crippen LogP contribution in [0.15, 0.2) is 24.3 Å². The molecule has 1 aromatic carbocycles. The first-order valence-corrected chi connectivity index (χ1v) is 7.28. The summed E-state index contributed by atoms with van der Waals surface area (Å²) in [6, 6.07) is 8.02. The molecule has 5 heteroatoms. The normalized spacial score (nSPS) is 25.2. The van der Waals surface area contributed by atoms with Crippen LogP contribution in [-0.4, -0.2) is 37.9 Å². The molecule has 0 aliphatic carbocycles. The molecule has 116 valence electrons. The van der Waals surface area contributed by atoms with Gasteiger partial charge in [-0.05, 0) is 51.0 Å². The number of nitrogens with one attached hydrogen (secondary N) is 1. The highest BCUT2D eigenvalue weighted by atomic mass is 16.6. The SMILES string of the molecule is COC(=O)COc1ccc(NC2CC(C)OC(C)C2)cc1. The Hall–Kier alpha value is -1.75. The zero-order valence-electron chi connectivity index (χ0n) is 12.8. The van der Waals surface area contributed by atoms with Crippen LogP contribution in [0.25, 0.3) is 0 Å². The lowest BCUT2D eigenvalue weighted by Crippen LogP contribution is -2.36. The van der Waals surface area contributed by atoms with Crippen LogP contribution in [0, 0.1) is 0 Å². The number of methoxy groups -OCH3 is 1. The summed E-state index contributed by atoms with van der Waals surface area (Å²) in [4.78, 5) is 11.0. The third-order valence-electron chi connectivity index (χ3n) is 3.51. The number of benzene rings is 1. The maximum atomic E-state index is 11.0. The molecule has 5 nitrogen and oxygen atoms in total. The van der Waals surface area contributed by atoms with Gasteiger partial charge in [-0.25, -0.2) is 4.79 Å². The van der Waals surface area contributed by atoms with Crippen LogP contribution in [0.2, 0.25) is 0 Å². The molecule has 1 aromatic rings. The largest absolute Gasteiger partial charge is 0.482 e. The summed E-state index contributed by atoms with van der Waals surface area (Å²) >= 11 is 0. The van der Waals surface area contributed by atoms with E-state index < -0.39 is 0 Å². The molecule has 21 heavy (non-hydrogen) atoms. The lowest BCUT2D eigenvalue weighted by Gasteiger charge is -2.33. The van der Waals surface area contributed by atoms with Gasteiger partial charge in [-0.15, -0.1) is 0 Å². The molecule has 1 aliphatic heterocycles. The zero-order chi connectivity index (χ0) is 15.2. The van der Waals surface area contributed by atoms with Crippen molar-refractivity contribution in [1.29, 1.82) is 0 Å². The van der Waals surface area contributed by atoms with Gasteiger partial charge in [0.2, 0.25) is 0 Å². The highest BCUT2D eigenvalue weighted by Gasteiger charge is 2.24. The van der Waals surface area contributed by atoms with Gasteiger partial charge >= 0.3 is 5.97 Å². The summed E-state index contributed by atoms with van der Waals surface area (Å²) in [7, 11) is 1.34. The maximum Gasteiger partial charge on any atom is 0.343 e. The molecule has 1 saturated heterocycles. The van der Waals surface area contributed by atoms with Crippen molar-refractivity contribution < 1.29 is 19.0 Å². The fourth-order valence-electron chi connectivity index (χ4n) is 2.61. The van der Waals surface area contributed by atoms with Gasteiger partial charge < -0.3 is 19.5 Å². The van der Waals surface area contributed by atoms with E-state index in [1.165, 1.54) is 7.11 Å². The van der Waals surface area contributed by atoms with E-state index in [4.69, 9.17) is 9.47 Å². The molecule has 0 amide bonds. The summed E-state index contributed by atoms with van der Waals surface area (Å²) in [5.74, 6) is 0.266. The molecule has 0 saturated carbocycles. The summed E-state index contributed by atoms with van der Waals surface area (Å²) in [5.41, 5.74) is 1.05. The molecule has 0 radical (unpaired) electrons. The van der Waals surface area contributed by atoms with Crippen LogP contribution in [0.4, 0.5) is 5.69 Å². The number of esters is 1. The van der Waals surface area contributed by atoms with Gasteiger partial charge in [0.15, 0.2) is 6.61 Å². The molecule has 2 rings (SSSR count). The topological polar surface area (TPSA) is 56.8 Å². The molecule has 0 spiro atoms. The summed E-state index contributed by atoms with van der Waals surface area (Å²) in [6.45, 7) is 4.14. The van der Waals surface area contributed by atoms with Gasteiger partial charge in [-0.2, -0.15) is 0 Å². The molecule has 2 atom stereocenters. The molecule has 1 N–H and O–H groups in total. The minimum Gasteiger partial charge on any atom is -0.482 e. The van der Waals surface area contributed by atoms with Gasteiger partial charge in [0, 0.05) is 11.7 Å². The van der Waals surface area contributed by atoms with Crippen LogP contribution in [0.5, 0.6) is 5.75 Å². The van der Waals surface area contributed by atoms with Crippen molar-refractivity contribution in [3.8, 4) is 5.75 Å². The Balaban J connectivity index is 1.85.